The first-order valence-electron chi connectivity index (χ1n) is 6.88. The zero-order valence-corrected chi connectivity index (χ0v) is 14.3. The zero-order chi connectivity index (χ0) is 15.5. The second-order valence-electron chi connectivity index (χ2n) is 4.97. The summed E-state index contributed by atoms with van der Waals surface area (Å²) in [6, 6.07) is 12.1. The Hall–Kier alpha value is -1.92. The molecule has 3 rings (SSSR count). The van der Waals surface area contributed by atoms with Gasteiger partial charge in [-0.05, 0) is 58.8 Å². The van der Waals surface area contributed by atoms with Crippen molar-refractivity contribution >= 4 is 50.0 Å². The van der Waals surface area contributed by atoms with E-state index < -0.39 is 0 Å². The van der Waals surface area contributed by atoms with Crippen molar-refractivity contribution in [3.8, 4) is 0 Å². The lowest BCUT2D eigenvalue weighted by Crippen LogP contribution is -2.31. The Morgan fingerprint density at radius 1 is 1.27 bits per heavy atom. The number of hydrogen-bond acceptors (Lipinski definition) is 2. The second kappa shape index (κ2) is 6.46. The molecule has 0 amide bonds. The number of hydrogen-bond donors (Lipinski definition) is 3. The van der Waals surface area contributed by atoms with Crippen LogP contribution in [0.1, 0.15) is 18.5 Å². The fourth-order valence-electron chi connectivity index (χ4n) is 2.33. The van der Waals surface area contributed by atoms with E-state index in [1.807, 2.05) is 30.5 Å². The Balaban J connectivity index is 1.69. The number of nitrogens with one attached hydrogen (secondary N) is 3. The molecule has 6 heteroatoms. The maximum absolute atomic E-state index is 5.36. The van der Waals surface area contributed by atoms with Crippen LogP contribution in [0.2, 0.25) is 0 Å². The van der Waals surface area contributed by atoms with E-state index >= 15 is 0 Å². The maximum Gasteiger partial charge on any atom is 0.172 e. The number of nitrogens with zero attached hydrogens (tertiary/aromatic N) is 1. The van der Waals surface area contributed by atoms with Crippen molar-refractivity contribution in [2.24, 2.45) is 0 Å². The summed E-state index contributed by atoms with van der Waals surface area (Å²) in [5, 5.41) is 8.12. The van der Waals surface area contributed by atoms with Gasteiger partial charge in [0.1, 0.15) is 5.82 Å². The summed E-state index contributed by atoms with van der Waals surface area (Å²) in [5.41, 5.74) is 2.31. The van der Waals surface area contributed by atoms with Crippen LogP contribution in [0.15, 0.2) is 53.3 Å². The van der Waals surface area contributed by atoms with E-state index in [9.17, 15) is 0 Å². The summed E-state index contributed by atoms with van der Waals surface area (Å²) in [4.78, 5) is 7.52. The molecule has 3 N–H and O–H groups in total. The molecular weight excluding hydrogens is 360 g/mol. The molecule has 0 saturated carbocycles. The minimum absolute atomic E-state index is 0.0894. The third-order valence-electron chi connectivity index (χ3n) is 3.40. The van der Waals surface area contributed by atoms with Crippen LogP contribution < -0.4 is 10.6 Å². The third-order valence-corrected chi connectivity index (χ3v) is 4.09. The summed E-state index contributed by atoms with van der Waals surface area (Å²) in [7, 11) is 0. The lowest BCUT2D eigenvalue weighted by Gasteiger charge is -2.16. The maximum atomic E-state index is 5.36. The number of aromatic nitrogens is 2. The highest BCUT2D eigenvalue weighted by atomic mass is 79.9. The summed E-state index contributed by atoms with van der Waals surface area (Å²) >= 11 is 8.72. The number of halogens is 1. The predicted molar refractivity (Wildman–Crippen MR) is 98.0 cm³/mol. The number of para-hydroxylation sites is 1. The predicted octanol–water partition coefficient (Wildman–Crippen LogP) is 4.37. The highest BCUT2D eigenvalue weighted by molar-refractivity contribution is 9.10. The molecular formula is C16H15BrN4S. The largest absolute Gasteiger partial charge is 0.361 e. The third kappa shape index (κ3) is 3.28. The van der Waals surface area contributed by atoms with Crippen LogP contribution in [0.4, 0.5) is 5.82 Å². The normalized spacial score (nSPS) is 12.1. The number of fused-ring (bicyclic) bond motifs is 1. The minimum atomic E-state index is 0.0894. The van der Waals surface area contributed by atoms with Crippen LogP contribution in [-0.4, -0.2) is 15.1 Å². The molecule has 1 aromatic carbocycles. The zero-order valence-electron chi connectivity index (χ0n) is 11.9. The highest BCUT2D eigenvalue weighted by Gasteiger charge is 2.12. The molecule has 0 aliphatic rings. The number of pyridine rings is 1. The van der Waals surface area contributed by atoms with E-state index in [1.54, 1.807) is 6.20 Å². The van der Waals surface area contributed by atoms with Gasteiger partial charge in [0.15, 0.2) is 5.11 Å². The minimum Gasteiger partial charge on any atom is -0.361 e. The first-order valence-corrected chi connectivity index (χ1v) is 8.08. The summed E-state index contributed by atoms with van der Waals surface area (Å²) in [6.45, 7) is 2.08. The average Bonchev–Trinajstić information content (AvgIpc) is 2.93. The van der Waals surface area contributed by atoms with Crippen molar-refractivity contribution in [2.75, 3.05) is 5.32 Å². The van der Waals surface area contributed by atoms with Crippen molar-refractivity contribution in [3.05, 3.63) is 58.8 Å². The fourth-order valence-corrected chi connectivity index (χ4v) is 2.84. The number of thiocarbonyl (C=S) groups is 1. The molecule has 4 nitrogen and oxygen atoms in total. The molecule has 1 unspecified atom stereocenters. The van der Waals surface area contributed by atoms with Gasteiger partial charge in [-0.3, -0.25) is 0 Å². The van der Waals surface area contributed by atoms with E-state index in [0.717, 1.165) is 9.99 Å². The topological polar surface area (TPSA) is 52.7 Å². The molecule has 22 heavy (non-hydrogen) atoms. The second-order valence-corrected chi connectivity index (χ2v) is 6.30. The standard InChI is InChI=1S/C16H15BrN4S/c1-10(13-9-18-14-5-3-2-4-12(13)14)20-16(22)21-15-7-6-11(17)8-19-15/h2-10,18H,1H3,(H2,19,20,21,22). The van der Waals surface area contributed by atoms with Gasteiger partial charge < -0.3 is 15.6 Å². The van der Waals surface area contributed by atoms with Gasteiger partial charge in [0, 0.05) is 27.8 Å². The van der Waals surface area contributed by atoms with Gasteiger partial charge in [-0.25, -0.2) is 4.98 Å². The quantitative estimate of drug-likeness (QED) is 0.595. The lowest BCUT2D eigenvalue weighted by atomic mass is 10.1. The van der Waals surface area contributed by atoms with Crippen molar-refractivity contribution in [1.29, 1.82) is 0 Å². The van der Waals surface area contributed by atoms with E-state index in [4.69, 9.17) is 12.2 Å². The molecule has 2 heterocycles. The first kappa shape index (κ1) is 15.0. The highest BCUT2D eigenvalue weighted by Crippen LogP contribution is 2.23. The van der Waals surface area contributed by atoms with Gasteiger partial charge in [-0.1, -0.05) is 18.2 Å². The molecule has 0 radical (unpaired) electrons. The molecule has 1 atom stereocenters. The first-order chi connectivity index (χ1) is 10.6. The molecule has 0 spiro atoms. The van der Waals surface area contributed by atoms with Gasteiger partial charge >= 0.3 is 0 Å². The summed E-state index contributed by atoms with van der Waals surface area (Å²) in [6.07, 6.45) is 3.75. The van der Waals surface area contributed by atoms with E-state index in [0.29, 0.717) is 10.9 Å². The Bertz CT molecular complexity index is 797. The van der Waals surface area contributed by atoms with Gasteiger partial charge in [-0.15, -0.1) is 0 Å². The Kier molecular flexibility index (Phi) is 4.40. The molecule has 112 valence electrons. The number of benzene rings is 1. The summed E-state index contributed by atoms with van der Waals surface area (Å²) in [5.74, 6) is 0.715. The van der Waals surface area contributed by atoms with E-state index in [1.165, 1.54) is 10.9 Å². The molecule has 0 aliphatic carbocycles. The lowest BCUT2D eigenvalue weighted by molar-refractivity contribution is 0.728. The van der Waals surface area contributed by atoms with Gasteiger partial charge in [-0.2, -0.15) is 0 Å². The molecule has 3 aromatic rings. The number of anilines is 1. The van der Waals surface area contributed by atoms with Crippen LogP contribution in [-0.2, 0) is 0 Å². The van der Waals surface area contributed by atoms with Gasteiger partial charge in [0.05, 0.1) is 6.04 Å². The van der Waals surface area contributed by atoms with Crippen LogP contribution >= 0.6 is 28.1 Å². The van der Waals surface area contributed by atoms with Crippen LogP contribution in [0, 0.1) is 0 Å². The van der Waals surface area contributed by atoms with Crippen molar-refractivity contribution in [3.63, 3.8) is 0 Å². The van der Waals surface area contributed by atoms with Crippen molar-refractivity contribution < 1.29 is 0 Å². The molecule has 0 fully saturated rings. The molecule has 0 saturated heterocycles. The number of H-pyrrole nitrogens is 1. The van der Waals surface area contributed by atoms with Gasteiger partial charge in [0.2, 0.25) is 0 Å². The monoisotopic (exact) mass is 374 g/mol. The van der Waals surface area contributed by atoms with E-state index in [-0.39, 0.29) is 6.04 Å². The molecule has 2 aromatic heterocycles. The van der Waals surface area contributed by atoms with Crippen LogP contribution in [0.3, 0.4) is 0 Å². The van der Waals surface area contributed by atoms with Gasteiger partial charge in [0.25, 0.3) is 0 Å². The van der Waals surface area contributed by atoms with E-state index in [2.05, 4.69) is 55.6 Å². The molecule has 0 aliphatic heterocycles. The molecule has 0 bridgehead atoms. The number of rotatable bonds is 3. The fraction of sp³-hybridized carbons (Fsp3) is 0.125. The Morgan fingerprint density at radius 3 is 2.86 bits per heavy atom. The Morgan fingerprint density at radius 2 is 2.09 bits per heavy atom. The number of aromatic amines is 1. The van der Waals surface area contributed by atoms with Crippen LogP contribution in [0.5, 0.6) is 0 Å². The SMILES string of the molecule is CC(NC(=S)Nc1ccc(Br)cn1)c1c[nH]c2ccccc12. The van der Waals surface area contributed by atoms with Crippen molar-refractivity contribution in [1.82, 2.24) is 15.3 Å². The average molecular weight is 375 g/mol. The summed E-state index contributed by atoms with van der Waals surface area (Å²) < 4.78 is 0.934. The Labute approximate surface area is 142 Å². The van der Waals surface area contributed by atoms with Crippen LogP contribution in [0.25, 0.3) is 10.9 Å². The smallest absolute Gasteiger partial charge is 0.172 e. The van der Waals surface area contributed by atoms with Crippen molar-refractivity contribution in [2.45, 2.75) is 13.0 Å².